The second-order valence-electron chi connectivity index (χ2n) is 4.96. The quantitative estimate of drug-likeness (QED) is 0.606. The van der Waals surface area contributed by atoms with E-state index in [1.165, 1.54) is 0 Å². The minimum atomic E-state index is -0.435. The van der Waals surface area contributed by atoms with Crippen molar-refractivity contribution in [1.29, 1.82) is 0 Å². The number of amides is 2. The second kappa shape index (κ2) is 7.67. The van der Waals surface area contributed by atoms with Crippen LogP contribution in [-0.2, 0) is 4.79 Å². The second-order valence-corrected chi connectivity index (χ2v) is 5.88. The van der Waals surface area contributed by atoms with Crippen LogP contribution in [0.3, 0.4) is 0 Å². The van der Waals surface area contributed by atoms with Crippen LogP contribution in [0.4, 0.5) is 5.95 Å². The summed E-state index contributed by atoms with van der Waals surface area (Å²) < 4.78 is 0.785. The van der Waals surface area contributed by atoms with Gasteiger partial charge in [0, 0.05) is 16.2 Å². The molecule has 9 heteroatoms. The van der Waals surface area contributed by atoms with Gasteiger partial charge in [-0.25, -0.2) is 0 Å². The van der Waals surface area contributed by atoms with Gasteiger partial charge in [0.25, 0.3) is 5.91 Å². The lowest BCUT2D eigenvalue weighted by atomic mass is 10.2. The van der Waals surface area contributed by atoms with Crippen LogP contribution < -0.4 is 10.6 Å². The molecule has 0 aliphatic heterocycles. The summed E-state index contributed by atoms with van der Waals surface area (Å²) in [5.41, 5.74) is 1.07. The van der Waals surface area contributed by atoms with Crippen molar-refractivity contribution in [3.05, 3.63) is 58.7 Å². The van der Waals surface area contributed by atoms with Crippen LogP contribution in [0.2, 0.25) is 0 Å². The number of H-pyrrole nitrogens is 1. The maximum Gasteiger partial charge on any atom is 0.251 e. The van der Waals surface area contributed by atoms with E-state index >= 15 is 0 Å². The third-order valence-electron chi connectivity index (χ3n) is 3.14. The maximum absolute atomic E-state index is 12.0. The molecule has 2 amide bonds. The first-order valence-electron chi connectivity index (χ1n) is 7.29. The van der Waals surface area contributed by atoms with E-state index in [0.29, 0.717) is 17.1 Å². The van der Waals surface area contributed by atoms with E-state index in [0.717, 1.165) is 4.47 Å². The number of pyridine rings is 1. The smallest absolute Gasteiger partial charge is 0.251 e. The fraction of sp³-hybridized carbons (Fsp3) is 0.0625. The van der Waals surface area contributed by atoms with Crippen LogP contribution in [0.15, 0.2) is 53.1 Å². The highest BCUT2D eigenvalue weighted by Crippen LogP contribution is 2.12. The molecule has 0 bridgehead atoms. The molecule has 3 aromatic rings. The number of hydrogen-bond donors (Lipinski definition) is 3. The van der Waals surface area contributed by atoms with E-state index < -0.39 is 5.91 Å². The molecule has 0 radical (unpaired) electrons. The minimum Gasteiger partial charge on any atom is -0.343 e. The molecule has 0 fully saturated rings. The zero-order valence-corrected chi connectivity index (χ0v) is 14.4. The summed E-state index contributed by atoms with van der Waals surface area (Å²) in [6.07, 6.45) is 1.63. The lowest BCUT2D eigenvalue weighted by Crippen LogP contribution is -2.33. The van der Waals surface area contributed by atoms with Crippen LogP contribution >= 0.6 is 15.9 Å². The number of nitrogens with one attached hydrogen (secondary N) is 3. The summed E-state index contributed by atoms with van der Waals surface area (Å²) in [6, 6.07) is 12.3. The number of hydrogen-bond acceptors (Lipinski definition) is 5. The molecule has 0 saturated heterocycles. The van der Waals surface area contributed by atoms with Crippen LogP contribution in [0.1, 0.15) is 10.4 Å². The Hall–Kier alpha value is -3.07. The summed E-state index contributed by atoms with van der Waals surface area (Å²) in [4.78, 5) is 32.2. The lowest BCUT2D eigenvalue weighted by Gasteiger charge is -2.05. The van der Waals surface area contributed by atoms with E-state index in [-0.39, 0.29) is 18.4 Å². The molecule has 25 heavy (non-hydrogen) atoms. The predicted octanol–water partition coefficient (Wildman–Crippen LogP) is 2.00. The molecular formula is C16H13BrN6O2. The number of carbonyl (C=O) groups excluding carboxylic acids is 2. The first kappa shape index (κ1) is 16.8. The Balaban J connectivity index is 1.55. The predicted molar refractivity (Wildman–Crippen MR) is 94.7 cm³/mol. The Morgan fingerprint density at radius 3 is 2.80 bits per heavy atom. The molecule has 0 aliphatic rings. The molecule has 3 N–H and O–H groups in total. The Morgan fingerprint density at radius 2 is 2.04 bits per heavy atom. The van der Waals surface area contributed by atoms with E-state index in [1.54, 1.807) is 36.5 Å². The highest BCUT2D eigenvalue weighted by molar-refractivity contribution is 9.10. The average Bonchev–Trinajstić information content (AvgIpc) is 3.09. The monoisotopic (exact) mass is 400 g/mol. The van der Waals surface area contributed by atoms with Gasteiger partial charge < -0.3 is 5.32 Å². The zero-order chi connectivity index (χ0) is 17.6. The average molecular weight is 401 g/mol. The van der Waals surface area contributed by atoms with Gasteiger partial charge in [-0.15, -0.1) is 5.10 Å². The molecule has 8 nitrogen and oxygen atoms in total. The van der Waals surface area contributed by atoms with Gasteiger partial charge in [-0.2, -0.15) is 4.98 Å². The van der Waals surface area contributed by atoms with Crippen LogP contribution in [0, 0.1) is 0 Å². The summed E-state index contributed by atoms with van der Waals surface area (Å²) in [5, 5.41) is 11.6. The number of anilines is 1. The summed E-state index contributed by atoms with van der Waals surface area (Å²) in [6.45, 7) is -0.196. The highest BCUT2D eigenvalue weighted by atomic mass is 79.9. The molecule has 3 rings (SSSR count). The molecule has 126 valence electrons. The summed E-state index contributed by atoms with van der Waals surface area (Å²) >= 11 is 3.29. The highest BCUT2D eigenvalue weighted by Gasteiger charge is 2.11. The number of benzene rings is 1. The van der Waals surface area contributed by atoms with Crippen LogP contribution in [-0.4, -0.2) is 38.5 Å². The van der Waals surface area contributed by atoms with E-state index in [2.05, 4.69) is 46.7 Å². The number of aromatic amines is 1. The van der Waals surface area contributed by atoms with Crippen LogP contribution in [0.25, 0.3) is 11.5 Å². The van der Waals surface area contributed by atoms with Gasteiger partial charge in [-0.3, -0.25) is 25.0 Å². The Bertz CT molecular complexity index is 896. The standard InChI is InChI=1S/C16H13BrN6O2/c17-11-5-3-4-10(8-11)15(25)19-9-13(24)20-16-21-14(22-23-16)12-6-1-2-7-18-12/h1-8H,9H2,(H,19,25)(H2,20,21,22,23,24). The molecule has 0 atom stereocenters. The first-order valence-corrected chi connectivity index (χ1v) is 8.08. The van der Waals surface area contributed by atoms with Crippen molar-refractivity contribution in [2.75, 3.05) is 11.9 Å². The fourth-order valence-electron chi connectivity index (χ4n) is 2.00. The van der Waals surface area contributed by atoms with Gasteiger partial charge in [0.1, 0.15) is 5.69 Å². The van der Waals surface area contributed by atoms with Gasteiger partial charge in [0.2, 0.25) is 11.9 Å². The number of rotatable bonds is 5. The lowest BCUT2D eigenvalue weighted by molar-refractivity contribution is -0.115. The van der Waals surface area contributed by atoms with Crippen molar-refractivity contribution in [3.63, 3.8) is 0 Å². The van der Waals surface area contributed by atoms with Crippen molar-refractivity contribution >= 4 is 33.7 Å². The minimum absolute atomic E-state index is 0.113. The van der Waals surface area contributed by atoms with Crippen molar-refractivity contribution in [2.45, 2.75) is 0 Å². The van der Waals surface area contributed by atoms with Crippen molar-refractivity contribution in [2.24, 2.45) is 0 Å². The van der Waals surface area contributed by atoms with Crippen molar-refractivity contribution in [3.8, 4) is 11.5 Å². The normalized spacial score (nSPS) is 10.3. The van der Waals surface area contributed by atoms with Crippen molar-refractivity contribution < 1.29 is 9.59 Å². The Kier molecular flexibility index (Phi) is 5.14. The molecule has 2 heterocycles. The SMILES string of the molecule is O=C(CNC(=O)c1cccc(Br)c1)Nc1n[nH]c(-c2ccccn2)n1. The molecule has 0 spiro atoms. The van der Waals surface area contributed by atoms with Crippen molar-refractivity contribution in [1.82, 2.24) is 25.5 Å². The number of carbonyl (C=O) groups is 2. The largest absolute Gasteiger partial charge is 0.343 e. The summed E-state index contributed by atoms with van der Waals surface area (Å²) in [5.74, 6) is -0.230. The van der Waals surface area contributed by atoms with Crippen LogP contribution in [0.5, 0.6) is 0 Å². The Morgan fingerprint density at radius 1 is 1.16 bits per heavy atom. The topological polar surface area (TPSA) is 113 Å². The van der Waals surface area contributed by atoms with E-state index in [1.807, 2.05) is 12.1 Å². The molecule has 2 aromatic heterocycles. The van der Waals surface area contributed by atoms with Gasteiger partial charge in [0.15, 0.2) is 5.82 Å². The molecule has 0 unspecified atom stereocenters. The number of nitrogens with zero attached hydrogens (tertiary/aromatic N) is 3. The van der Waals surface area contributed by atoms with Gasteiger partial charge in [0.05, 0.1) is 6.54 Å². The number of halogens is 1. The van der Waals surface area contributed by atoms with Gasteiger partial charge in [-0.05, 0) is 30.3 Å². The van der Waals surface area contributed by atoms with Gasteiger partial charge >= 0.3 is 0 Å². The van der Waals surface area contributed by atoms with E-state index in [9.17, 15) is 9.59 Å². The zero-order valence-electron chi connectivity index (χ0n) is 12.9. The first-order chi connectivity index (χ1) is 12.1. The molecule has 1 aromatic carbocycles. The third kappa shape index (κ3) is 4.48. The van der Waals surface area contributed by atoms with Gasteiger partial charge in [-0.1, -0.05) is 28.1 Å². The summed E-state index contributed by atoms with van der Waals surface area (Å²) in [7, 11) is 0. The van der Waals surface area contributed by atoms with E-state index in [4.69, 9.17) is 0 Å². The molecule has 0 saturated carbocycles. The molecular weight excluding hydrogens is 388 g/mol. The molecule has 0 aliphatic carbocycles. The third-order valence-corrected chi connectivity index (χ3v) is 3.63. The number of aromatic nitrogens is 4. The maximum atomic E-state index is 12.0. The Labute approximate surface area is 151 Å². The fourth-order valence-corrected chi connectivity index (χ4v) is 2.40.